The van der Waals surface area contributed by atoms with Crippen LogP contribution in [0.15, 0.2) is 36.9 Å². The molecule has 0 saturated heterocycles. The van der Waals surface area contributed by atoms with Crippen molar-refractivity contribution >= 4 is 22.6 Å². The first-order chi connectivity index (χ1) is 6.22. The van der Waals surface area contributed by atoms with Gasteiger partial charge in [-0.25, -0.2) is 0 Å². The van der Waals surface area contributed by atoms with Gasteiger partial charge in [0, 0.05) is 3.57 Å². The average molecular weight is 288 g/mol. The van der Waals surface area contributed by atoms with E-state index >= 15 is 0 Å². The monoisotopic (exact) mass is 288 g/mol. The Kier molecular flexibility index (Phi) is 4.45. The van der Waals surface area contributed by atoms with Gasteiger partial charge in [-0.2, -0.15) is 0 Å². The zero-order valence-electron chi connectivity index (χ0n) is 7.41. The van der Waals surface area contributed by atoms with E-state index in [4.69, 9.17) is 0 Å². The average Bonchev–Trinajstić information content (AvgIpc) is 2.04. The molecule has 0 bridgehead atoms. The predicted molar refractivity (Wildman–Crippen MR) is 63.7 cm³/mol. The Balaban J connectivity index is 2.58. The Hall–Kier alpha value is -0.350. The van der Waals surface area contributed by atoms with Crippen molar-refractivity contribution in [1.82, 2.24) is 0 Å². The molecule has 1 unspecified atom stereocenters. The Morgan fingerprint density at radius 2 is 2.31 bits per heavy atom. The fourth-order valence-corrected chi connectivity index (χ4v) is 1.82. The van der Waals surface area contributed by atoms with Crippen LogP contribution >= 0.6 is 22.6 Å². The van der Waals surface area contributed by atoms with Crippen molar-refractivity contribution in [3.05, 3.63) is 46.1 Å². The molecule has 13 heavy (non-hydrogen) atoms. The van der Waals surface area contributed by atoms with Crippen LogP contribution in [0.2, 0.25) is 0 Å². The highest BCUT2D eigenvalue weighted by atomic mass is 127. The largest absolute Gasteiger partial charge is 0.392 e. The fourth-order valence-electron chi connectivity index (χ4n) is 1.21. The normalized spacial score (nSPS) is 12.5. The highest BCUT2D eigenvalue weighted by Gasteiger charge is 2.02. The molecule has 0 radical (unpaired) electrons. The SMILES string of the molecule is C=CCC(O)Cc1cccc(I)c1. The first-order valence-corrected chi connectivity index (χ1v) is 5.33. The number of benzene rings is 1. The molecule has 0 saturated carbocycles. The van der Waals surface area contributed by atoms with Crippen LogP contribution in [-0.2, 0) is 6.42 Å². The number of aliphatic hydroxyl groups excluding tert-OH is 1. The molecular formula is C11H13IO. The van der Waals surface area contributed by atoms with Crippen molar-refractivity contribution in [2.75, 3.05) is 0 Å². The van der Waals surface area contributed by atoms with Gasteiger partial charge in [0.2, 0.25) is 0 Å². The van der Waals surface area contributed by atoms with Gasteiger partial charge in [-0.05, 0) is 53.1 Å². The molecule has 70 valence electrons. The number of aliphatic hydroxyl groups is 1. The summed E-state index contributed by atoms with van der Waals surface area (Å²) >= 11 is 2.27. The lowest BCUT2D eigenvalue weighted by Gasteiger charge is -2.07. The summed E-state index contributed by atoms with van der Waals surface area (Å²) in [6.45, 7) is 3.60. The molecule has 1 nitrogen and oxygen atoms in total. The summed E-state index contributed by atoms with van der Waals surface area (Å²) in [5.74, 6) is 0. The second kappa shape index (κ2) is 5.40. The summed E-state index contributed by atoms with van der Waals surface area (Å²) in [4.78, 5) is 0. The van der Waals surface area contributed by atoms with Gasteiger partial charge in [0.25, 0.3) is 0 Å². The van der Waals surface area contributed by atoms with E-state index in [2.05, 4.69) is 35.2 Å². The Morgan fingerprint density at radius 1 is 1.54 bits per heavy atom. The third-order valence-electron chi connectivity index (χ3n) is 1.80. The molecule has 0 spiro atoms. The quantitative estimate of drug-likeness (QED) is 0.667. The molecule has 1 N–H and O–H groups in total. The van der Waals surface area contributed by atoms with Crippen molar-refractivity contribution in [2.45, 2.75) is 18.9 Å². The zero-order chi connectivity index (χ0) is 9.68. The van der Waals surface area contributed by atoms with E-state index < -0.39 is 0 Å². The molecule has 0 heterocycles. The van der Waals surface area contributed by atoms with Crippen LogP contribution in [0, 0.1) is 3.57 Å². The highest BCUT2D eigenvalue weighted by Crippen LogP contribution is 2.10. The molecule has 0 amide bonds. The summed E-state index contributed by atoms with van der Waals surface area (Å²) in [6, 6.07) is 8.18. The smallest absolute Gasteiger partial charge is 0.0614 e. The first-order valence-electron chi connectivity index (χ1n) is 4.26. The van der Waals surface area contributed by atoms with Crippen LogP contribution in [0.5, 0.6) is 0 Å². The van der Waals surface area contributed by atoms with Gasteiger partial charge in [-0.3, -0.25) is 0 Å². The molecule has 1 atom stereocenters. The molecule has 1 aromatic carbocycles. The van der Waals surface area contributed by atoms with Gasteiger partial charge in [0.05, 0.1) is 6.10 Å². The van der Waals surface area contributed by atoms with Crippen LogP contribution < -0.4 is 0 Å². The summed E-state index contributed by atoms with van der Waals surface area (Å²) in [5, 5.41) is 9.52. The van der Waals surface area contributed by atoms with Crippen molar-refractivity contribution in [3.8, 4) is 0 Å². The number of hydrogen-bond donors (Lipinski definition) is 1. The highest BCUT2D eigenvalue weighted by molar-refractivity contribution is 14.1. The van der Waals surface area contributed by atoms with Gasteiger partial charge < -0.3 is 5.11 Å². The predicted octanol–water partition coefficient (Wildman–Crippen LogP) is 2.77. The summed E-state index contributed by atoms with van der Waals surface area (Å²) < 4.78 is 1.21. The van der Waals surface area contributed by atoms with E-state index in [9.17, 15) is 5.11 Å². The van der Waals surface area contributed by atoms with E-state index in [0.29, 0.717) is 12.8 Å². The van der Waals surface area contributed by atoms with Crippen molar-refractivity contribution < 1.29 is 5.11 Å². The zero-order valence-corrected chi connectivity index (χ0v) is 9.57. The number of halogens is 1. The number of hydrogen-bond acceptors (Lipinski definition) is 1. The summed E-state index contributed by atoms with van der Waals surface area (Å²) in [6.07, 6.45) is 2.82. The number of rotatable bonds is 4. The van der Waals surface area contributed by atoms with Gasteiger partial charge in [-0.15, -0.1) is 6.58 Å². The van der Waals surface area contributed by atoms with Crippen molar-refractivity contribution in [2.24, 2.45) is 0 Å². The van der Waals surface area contributed by atoms with Gasteiger partial charge in [0.15, 0.2) is 0 Å². The Bertz CT molecular complexity index is 283. The standard InChI is InChI=1S/C11H13IO/c1-2-4-11(13)8-9-5-3-6-10(12)7-9/h2-3,5-7,11,13H,1,4,8H2. The van der Waals surface area contributed by atoms with Crippen LogP contribution in [0.1, 0.15) is 12.0 Å². The molecule has 0 aliphatic rings. The van der Waals surface area contributed by atoms with Crippen LogP contribution in [0.3, 0.4) is 0 Å². The van der Waals surface area contributed by atoms with E-state index in [1.165, 1.54) is 9.13 Å². The molecule has 0 fully saturated rings. The lowest BCUT2D eigenvalue weighted by atomic mass is 10.1. The van der Waals surface area contributed by atoms with E-state index in [-0.39, 0.29) is 6.10 Å². The molecular weight excluding hydrogens is 275 g/mol. The topological polar surface area (TPSA) is 20.2 Å². The maximum Gasteiger partial charge on any atom is 0.0614 e. The minimum absolute atomic E-state index is 0.296. The summed E-state index contributed by atoms with van der Waals surface area (Å²) in [5.41, 5.74) is 1.18. The summed E-state index contributed by atoms with van der Waals surface area (Å²) in [7, 11) is 0. The lowest BCUT2D eigenvalue weighted by Crippen LogP contribution is -2.08. The van der Waals surface area contributed by atoms with E-state index in [1.54, 1.807) is 6.08 Å². The van der Waals surface area contributed by atoms with Crippen LogP contribution in [0.4, 0.5) is 0 Å². The molecule has 1 rings (SSSR count). The molecule has 0 aliphatic carbocycles. The minimum atomic E-state index is -0.296. The third kappa shape index (κ3) is 3.91. The lowest BCUT2D eigenvalue weighted by molar-refractivity contribution is 0.178. The maximum absolute atomic E-state index is 9.52. The molecule has 0 aliphatic heterocycles. The second-order valence-electron chi connectivity index (χ2n) is 3.01. The Morgan fingerprint density at radius 3 is 2.92 bits per heavy atom. The minimum Gasteiger partial charge on any atom is -0.392 e. The fraction of sp³-hybridized carbons (Fsp3) is 0.273. The second-order valence-corrected chi connectivity index (χ2v) is 4.26. The van der Waals surface area contributed by atoms with E-state index in [1.807, 2.05) is 18.2 Å². The molecule has 2 heteroatoms. The first kappa shape index (κ1) is 10.7. The molecule has 1 aromatic rings. The third-order valence-corrected chi connectivity index (χ3v) is 2.47. The van der Waals surface area contributed by atoms with Gasteiger partial charge in [0.1, 0.15) is 0 Å². The van der Waals surface area contributed by atoms with E-state index in [0.717, 1.165) is 0 Å². The van der Waals surface area contributed by atoms with Crippen molar-refractivity contribution in [3.63, 3.8) is 0 Å². The maximum atomic E-state index is 9.52. The van der Waals surface area contributed by atoms with Crippen LogP contribution in [0.25, 0.3) is 0 Å². The Labute approximate surface area is 92.6 Å². The van der Waals surface area contributed by atoms with Gasteiger partial charge >= 0.3 is 0 Å². The van der Waals surface area contributed by atoms with Gasteiger partial charge in [-0.1, -0.05) is 18.2 Å². The van der Waals surface area contributed by atoms with Crippen LogP contribution in [-0.4, -0.2) is 11.2 Å². The van der Waals surface area contributed by atoms with Crippen molar-refractivity contribution in [1.29, 1.82) is 0 Å². The molecule has 0 aromatic heterocycles.